The lowest BCUT2D eigenvalue weighted by atomic mass is 9.85. The number of nitrogens with zero attached hydrogens (tertiary/aromatic N) is 2. The highest BCUT2D eigenvalue weighted by Crippen LogP contribution is 2.31. The van der Waals surface area contributed by atoms with Crippen LogP contribution in [0, 0.1) is 5.92 Å². The van der Waals surface area contributed by atoms with Crippen LogP contribution in [0.25, 0.3) is 0 Å². The molecular formula is C11H17N3O. The number of amides is 1. The van der Waals surface area contributed by atoms with E-state index in [-0.39, 0.29) is 5.91 Å². The average Bonchev–Trinajstić information content (AvgIpc) is 2.67. The van der Waals surface area contributed by atoms with Crippen molar-refractivity contribution in [2.24, 2.45) is 5.92 Å². The van der Waals surface area contributed by atoms with E-state index in [1.807, 2.05) is 11.8 Å². The summed E-state index contributed by atoms with van der Waals surface area (Å²) in [4.78, 5) is 13.8. The largest absolute Gasteiger partial charge is 0.337 e. The van der Waals surface area contributed by atoms with Crippen LogP contribution in [0.4, 0.5) is 0 Å². The number of carbonyl (C=O) groups excluding carboxylic acids is 1. The Morgan fingerprint density at radius 2 is 2.40 bits per heavy atom. The quantitative estimate of drug-likeness (QED) is 0.801. The molecule has 1 N–H and O–H groups in total. The fourth-order valence-electron chi connectivity index (χ4n) is 2.17. The molecule has 0 saturated heterocycles. The Labute approximate surface area is 89.7 Å². The molecule has 2 rings (SSSR count). The predicted molar refractivity (Wildman–Crippen MR) is 57.7 cm³/mol. The number of likely N-dealkylation sites (N-methyl/N-ethyl adjacent to an activating group) is 1. The summed E-state index contributed by atoms with van der Waals surface area (Å²) in [5.41, 5.74) is 1.77. The molecule has 0 bridgehead atoms. The number of nitrogens with one attached hydrogen (secondary N) is 1. The summed E-state index contributed by atoms with van der Waals surface area (Å²) < 4.78 is 0. The average molecular weight is 207 g/mol. The van der Waals surface area contributed by atoms with E-state index in [0.717, 1.165) is 18.7 Å². The van der Waals surface area contributed by atoms with E-state index in [0.29, 0.717) is 17.5 Å². The van der Waals surface area contributed by atoms with Crippen LogP contribution in [0.1, 0.15) is 42.7 Å². The van der Waals surface area contributed by atoms with E-state index in [4.69, 9.17) is 0 Å². The van der Waals surface area contributed by atoms with Crippen molar-refractivity contribution in [3.8, 4) is 0 Å². The summed E-state index contributed by atoms with van der Waals surface area (Å²) in [7, 11) is 0. The van der Waals surface area contributed by atoms with Crippen LogP contribution >= 0.6 is 0 Å². The molecule has 15 heavy (non-hydrogen) atoms. The number of H-pyrrole nitrogens is 1. The molecule has 1 aliphatic rings. The summed E-state index contributed by atoms with van der Waals surface area (Å²) in [5, 5.41) is 6.80. The standard InChI is InChI=1S/C11H17N3O/c1-4-14-6-9(7(2)3)8-5-12-13-10(8)11(14)15/h5,7,9H,4,6H2,1-3H3,(H,12,13). The molecule has 82 valence electrons. The molecule has 4 heteroatoms. The molecule has 2 heterocycles. The second kappa shape index (κ2) is 3.68. The number of fused-ring (bicyclic) bond motifs is 1. The van der Waals surface area contributed by atoms with Gasteiger partial charge in [0.25, 0.3) is 5.91 Å². The number of hydrogen-bond donors (Lipinski definition) is 1. The van der Waals surface area contributed by atoms with Gasteiger partial charge in [-0.15, -0.1) is 0 Å². The molecular weight excluding hydrogens is 190 g/mol. The second-order valence-corrected chi connectivity index (χ2v) is 4.39. The van der Waals surface area contributed by atoms with E-state index in [9.17, 15) is 4.79 Å². The van der Waals surface area contributed by atoms with Crippen molar-refractivity contribution < 1.29 is 4.79 Å². The van der Waals surface area contributed by atoms with Crippen LogP contribution in [0.3, 0.4) is 0 Å². The third kappa shape index (κ3) is 1.54. The van der Waals surface area contributed by atoms with Crippen LogP contribution in [0.5, 0.6) is 0 Å². The van der Waals surface area contributed by atoms with Gasteiger partial charge in [0.05, 0.1) is 6.20 Å². The maximum atomic E-state index is 11.9. The highest BCUT2D eigenvalue weighted by Gasteiger charge is 2.33. The lowest BCUT2D eigenvalue weighted by Crippen LogP contribution is -2.40. The number of rotatable bonds is 2. The van der Waals surface area contributed by atoms with Crippen molar-refractivity contribution in [1.82, 2.24) is 15.1 Å². The molecule has 4 nitrogen and oxygen atoms in total. The zero-order chi connectivity index (χ0) is 11.0. The third-order valence-corrected chi connectivity index (χ3v) is 3.17. The van der Waals surface area contributed by atoms with Gasteiger partial charge in [0.1, 0.15) is 5.69 Å². The van der Waals surface area contributed by atoms with E-state index in [1.165, 1.54) is 0 Å². The van der Waals surface area contributed by atoms with Crippen LogP contribution in [0.2, 0.25) is 0 Å². The van der Waals surface area contributed by atoms with Crippen LogP contribution in [0.15, 0.2) is 6.20 Å². The van der Waals surface area contributed by atoms with Gasteiger partial charge in [0, 0.05) is 24.6 Å². The first-order valence-corrected chi connectivity index (χ1v) is 5.47. The van der Waals surface area contributed by atoms with E-state index < -0.39 is 0 Å². The first-order valence-electron chi connectivity index (χ1n) is 5.47. The maximum Gasteiger partial charge on any atom is 0.272 e. The zero-order valence-electron chi connectivity index (χ0n) is 9.45. The van der Waals surface area contributed by atoms with Crippen LogP contribution in [-0.4, -0.2) is 34.1 Å². The Hall–Kier alpha value is -1.32. The minimum Gasteiger partial charge on any atom is -0.337 e. The van der Waals surface area contributed by atoms with Crippen LogP contribution < -0.4 is 0 Å². The normalized spacial score (nSPS) is 20.9. The maximum absolute atomic E-state index is 11.9. The third-order valence-electron chi connectivity index (χ3n) is 3.17. The lowest BCUT2D eigenvalue weighted by molar-refractivity contribution is 0.0713. The van der Waals surface area contributed by atoms with Crippen molar-refractivity contribution in [2.45, 2.75) is 26.7 Å². The summed E-state index contributed by atoms with van der Waals surface area (Å²) in [6.07, 6.45) is 1.80. The molecule has 1 aromatic rings. The number of hydrogen-bond acceptors (Lipinski definition) is 2. The van der Waals surface area contributed by atoms with Crippen molar-refractivity contribution in [1.29, 1.82) is 0 Å². The van der Waals surface area contributed by atoms with E-state index >= 15 is 0 Å². The Morgan fingerprint density at radius 1 is 1.67 bits per heavy atom. The SMILES string of the molecule is CCN1CC(C(C)C)c2cn[nH]c2C1=O. The highest BCUT2D eigenvalue weighted by atomic mass is 16.2. The molecule has 1 aliphatic heterocycles. The number of aromatic amines is 1. The molecule has 0 radical (unpaired) electrons. The molecule has 0 spiro atoms. The molecule has 0 aliphatic carbocycles. The van der Waals surface area contributed by atoms with Gasteiger partial charge in [-0.25, -0.2) is 0 Å². The topological polar surface area (TPSA) is 49.0 Å². The second-order valence-electron chi connectivity index (χ2n) is 4.39. The van der Waals surface area contributed by atoms with Gasteiger partial charge in [0.2, 0.25) is 0 Å². The number of carbonyl (C=O) groups is 1. The Balaban J connectivity index is 2.40. The smallest absolute Gasteiger partial charge is 0.272 e. The minimum absolute atomic E-state index is 0.0851. The minimum atomic E-state index is 0.0851. The highest BCUT2D eigenvalue weighted by molar-refractivity contribution is 5.95. The Bertz CT molecular complexity index is 370. The number of aromatic nitrogens is 2. The fraction of sp³-hybridized carbons (Fsp3) is 0.636. The Morgan fingerprint density at radius 3 is 3.00 bits per heavy atom. The van der Waals surface area contributed by atoms with Crippen molar-refractivity contribution in [2.75, 3.05) is 13.1 Å². The van der Waals surface area contributed by atoms with Gasteiger partial charge >= 0.3 is 0 Å². The van der Waals surface area contributed by atoms with E-state index in [1.54, 1.807) is 6.20 Å². The molecule has 0 fully saturated rings. The van der Waals surface area contributed by atoms with Gasteiger partial charge in [-0.3, -0.25) is 9.89 Å². The molecule has 1 amide bonds. The predicted octanol–water partition coefficient (Wildman–Crippen LogP) is 1.62. The summed E-state index contributed by atoms with van der Waals surface area (Å²) in [6.45, 7) is 7.97. The van der Waals surface area contributed by atoms with Crippen LogP contribution in [-0.2, 0) is 0 Å². The first-order chi connectivity index (χ1) is 7.15. The summed E-state index contributed by atoms with van der Waals surface area (Å²) >= 11 is 0. The monoisotopic (exact) mass is 207 g/mol. The van der Waals surface area contributed by atoms with Gasteiger partial charge in [-0.1, -0.05) is 13.8 Å². The van der Waals surface area contributed by atoms with E-state index in [2.05, 4.69) is 24.0 Å². The first kappa shape index (κ1) is 10.2. The van der Waals surface area contributed by atoms with Gasteiger partial charge in [-0.2, -0.15) is 5.10 Å². The Kier molecular flexibility index (Phi) is 2.50. The summed E-state index contributed by atoms with van der Waals surface area (Å²) in [5.74, 6) is 1.03. The summed E-state index contributed by atoms with van der Waals surface area (Å²) in [6, 6.07) is 0. The molecule has 0 aromatic carbocycles. The fourth-order valence-corrected chi connectivity index (χ4v) is 2.17. The molecule has 0 saturated carbocycles. The van der Waals surface area contributed by atoms with Gasteiger partial charge in [-0.05, 0) is 12.8 Å². The zero-order valence-corrected chi connectivity index (χ0v) is 9.45. The van der Waals surface area contributed by atoms with Gasteiger partial charge in [0.15, 0.2) is 0 Å². The van der Waals surface area contributed by atoms with Gasteiger partial charge < -0.3 is 4.90 Å². The van der Waals surface area contributed by atoms with Crippen molar-refractivity contribution in [3.63, 3.8) is 0 Å². The lowest BCUT2D eigenvalue weighted by Gasteiger charge is -2.33. The molecule has 1 unspecified atom stereocenters. The van der Waals surface area contributed by atoms with Crippen molar-refractivity contribution >= 4 is 5.91 Å². The molecule has 1 aromatic heterocycles. The van der Waals surface area contributed by atoms with Crippen molar-refractivity contribution in [3.05, 3.63) is 17.5 Å². The molecule has 1 atom stereocenters.